The van der Waals surface area contributed by atoms with Gasteiger partial charge in [-0.15, -0.1) is 0 Å². The Morgan fingerprint density at radius 3 is 2.83 bits per heavy atom. The number of benzene rings is 1. The Balaban J connectivity index is 2.61. The van der Waals surface area contributed by atoms with Gasteiger partial charge >= 0.3 is 0 Å². The third-order valence-corrected chi connectivity index (χ3v) is 3.00. The second-order valence-corrected chi connectivity index (χ2v) is 4.58. The maximum Gasteiger partial charge on any atom is 0.227 e. The lowest BCUT2D eigenvalue weighted by Crippen LogP contribution is -2.21. The third-order valence-electron chi connectivity index (χ3n) is 2.71. The summed E-state index contributed by atoms with van der Waals surface area (Å²) < 4.78 is 5.05. The first-order chi connectivity index (χ1) is 8.58. The minimum atomic E-state index is -0.0607. The first-order valence-corrected chi connectivity index (χ1v) is 6.30. The van der Waals surface area contributed by atoms with Gasteiger partial charge in [0.25, 0.3) is 0 Å². The van der Waals surface area contributed by atoms with E-state index in [-0.39, 0.29) is 11.8 Å². The fraction of sp³-hybridized carbons (Fsp3) is 0.462. The van der Waals surface area contributed by atoms with Gasteiger partial charge in [0.1, 0.15) is 5.75 Å². The molecule has 0 saturated carbocycles. The molecule has 1 amide bonds. The number of amides is 1. The normalized spacial score (nSPS) is 12.0. The van der Waals surface area contributed by atoms with Crippen LogP contribution in [0.5, 0.6) is 5.75 Å². The maximum atomic E-state index is 11.9. The number of carbonyl (C=O) groups is 1. The second-order valence-electron chi connectivity index (χ2n) is 4.17. The molecule has 0 aliphatic rings. The first-order valence-electron chi connectivity index (χ1n) is 5.93. The van der Waals surface area contributed by atoms with E-state index >= 15 is 0 Å². The molecule has 3 N–H and O–H groups in total. The van der Waals surface area contributed by atoms with Gasteiger partial charge in [0.05, 0.1) is 12.1 Å². The molecule has 4 nitrogen and oxygen atoms in total. The quantitative estimate of drug-likeness (QED) is 0.835. The molecule has 1 unspecified atom stereocenters. The van der Waals surface area contributed by atoms with Crippen molar-refractivity contribution < 1.29 is 9.53 Å². The Hall–Kier alpha value is -1.26. The Kier molecular flexibility index (Phi) is 5.95. The molecule has 0 radical (unpaired) electrons. The molecule has 0 aliphatic heterocycles. The Morgan fingerprint density at radius 2 is 2.28 bits per heavy atom. The lowest BCUT2D eigenvalue weighted by atomic mass is 10.0. The third kappa shape index (κ3) is 4.20. The number of nitrogens with one attached hydrogen (secondary N) is 1. The van der Waals surface area contributed by atoms with Crippen LogP contribution in [0, 0.1) is 5.92 Å². The van der Waals surface area contributed by atoms with Crippen molar-refractivity contribution in [3.8, 4) is 5.75 Å². The van der Waals surface area contributed by atoms with E-state index in [0.717, 1.165) is 12.8 Å². The van der Waals surface area contributed by atoms with Crippen molar-refractivity contribution in [1.82, 2.24) is 0 Å². The minimum absolute atomic E-state index is 0.0234. The number of rotatable bonds is 6. The van der Waals surface area contributed by atoms with Crippen LogP contribution in [-0.2, 0) is 4.79 Å². The number of anilines is 1. The van der Waals surface area contributed by atoms with E-state index in [1.165, 1.54) is 0 Å². The van der Waals surface area contributed by atoms with Crippen LogP contribution in [0.1, 0.15) is 19.8 Å². The van der Waals surface area contributed by atoms with Crippen LogP contribution >= 0.6 is 11.6 Å². The molecule has 1 aromatic rings. The molecular weight excluding hydrogens is 252 g/mol. The number of hydrogen-bond donors (Lipinski definition) is 2. The summed E-state index contributed by atoms with van der Waals surface area (Å²) in [6.07, 6.45) is 1.63. The van der Waals surface area contributed by atoms with Crippen LogP contribution < -0.4 is 15.8 Å². The van der Waals surface area contributed by atoms with Gasteiger partial charge in [0.15, 0.2) is 0 Å². The zero-order valence-electron chi connectivity index (χ0n) is 10.7. The highest BCUT2D eigenvalue weighted by Gasteiger charge is 2.13. The lowest BCUT2D eigenvalue weighted by Gasteiger charge is -2.12. The number of ether oxygens (including phenoxy) is 1. The average Bonchev–Trinajstić information content (AvgIpc) is 2.36. The minimum Gasteiger partial charge on any atom is -0.495 e. The summed E-state index contributed by atoms with van der Waals surface area (Å²) in [6.45, 7) is 2.49. The van der Waals surface area contributed by atoms with Gasteiger partial charge in [-0.2, -0.15) is 0 Å². The molecule has 0 heterocycles. The number of methoxy groups -OCH3 is 1. The Bertz CT molecular complexity index is 410. The average molecular weight is 271 g/mol. The van der Waals surface area contributed by atoms with Crippen LogP contribution in [0.25, 0.3) is 0 Å². The zero-order chi connectivity index (χ0) is 13.5. The predicted molar refractivity (Wildman–Crippen MR) is 74.1 cm³/mol. The zero-order valence-corrected chi connectivity index (χ0v) is 11.5. The van der Waals surface area contributed by atoms with Crippen LogP contribution in [0.4, 0.5) is 5.69 Å². The largest absolute Gasteiger partial charge is 0.495 e. The van der Waals surface area contributed by atoms with E-state index in [2.05, 4.69) is 5.32 Å². The van der Waals surface area contributed by atoms with Gasteiger partial charge in [-0.05, 0) is 37.6 Å². The molecule has 5 heteroatoms. The van der Waals surface area contributed by atoms with Crippen LogP contribution in [-0.4, -0.2) is 19.6 Å². The SMILES string of the molecule is COc1ccc(NC(=O)C(C)CCCN)cc1Cl. The lowest BCUT2D eigenvalue weighted by molar-refractivity contribution is -0.119. The summed E-state index contributed by atoms with van der Waals surface area (Å²) in [4.78, 5) is 11.9. The van der Waals surface area contributed by atoms with Gasteiger partial charge in [-0.1, -0.05) is 18.5 Å². The molecule has 0 bridgehead atoms. The fourth-order valence-corrected chi connectivity index (χ4v) is 1.82. The molecule has 0 fully saturated rings. The second kappa shape index (κ2) is 7.24. The molecule has 0 aliphatic carbocycles. The van der Waals surface area contributed by atoms with Crippen molar-refractivity contribution in [2.45, 2.75) is 19.8 Å². The topological polar surface area (TPSA) is 64.3 Å². The van der Waals surface area contributed by atoms with Crippen molar-refractivity contribution in [2.75, 3.05) is 19.0 Å². The number of halogens is 1. The number of nitrogens with two attached hydrogens (primary N) is 1. The summed E-state index contributed by atoms with van der Waals surface area (Å²) >= 11 is 5.98. The van der Waals surface area contributed by atoms with Crippen LogP contribution in [0.3, 0.4) is 0 Å². The van der Waals surface area contributed by atoms with Gasteiger partial charge in [-0.3, -0.25) is 4.79 Å². The summed E-state index contributed by atoms with van der Waals surface area (Å²) in [5.41, 5.74) is 6.09. The fourth-order valence-electron chi connectivity index (χ4n) is 1.56. The standard InChI is InChI=1S/C13H19ClN2O2/c1-9(4-3-7-15)13(17)16-10-5-6-12(18-2)11(14)8-10/h5-6,8-9H,3-4,7,15H2,1-2H3,(H,16,17). The van der Waals surface area contributed by atoms with Crippen molar-refractivity contribution in [3.63, 3.8) is 0 Å². The van der Waals surface area contributed by atoms with Gasteiger partial charge in [0.2, 0.25) is 5.91 Å². The molecule has 0 saturated heterocycles. The monoisotopic (exact) mass is 270 g/mol. The van der Waals surface area contributed by atoms with E-state index in [9.17, 15) is 4.79 Å². The molecule has 100 valence electrons. The Morgan fingerprint density at radius 1 is 1.56 bits per heavy atom. The van der Waals surface area contributed by atoms with Crippen molar-refractivity contribution in [3.05, 3.63) is 23.2 Å². The van der Waals surface area contributed by atoms with Crippen molar-refractivity contribution >= 4 is 23.2 Å². The summed E-state index contributed by atoms with van der Waals surface area (Å²) in [6, 6.07) is 5.16. The highest BCUT2D eigenvalue weighted by molar-refractivity contribution is 6.32. The van der Waals surface area contributed by atoms with Crippen LogP contribution in [0.2, 0.25) is 5.02 Å². The van der Waals surface area contributed by atoms with E-state index in [4.69, 9.17) is 22.1 Å². The molecule has 18 heavy (non-hydrogen) atoms. The predicted octanol–water partition coefficient (Wildman–Crippen LogP) is 2.66. The van der Waals surface area contributed by atoms with Crippen LogP contribution in [0.15, 0.2) is 18.2 Å². The highest BCUT2D eigenvalue weighted by Crippen LogP contribution is 2.27. The summed E-state index contributed by atoms with van der Waals surface area (Å²) in [5, 5.41) is 3.30. The smallest absolute Gasteiger partial charge is 0.227 e. The number of carbonyl (C=O) groups excluding carboxylic acids is 1. The summed E-state index contributed by atoms with van der Waals surface area (Å²) in [5.74, 6) is 0.505. The maximum absolute atomic E-state index is 11.9. The van der Waals surface area contributed by atoms with Gasteiger partial charge < -0.3 is 15.8 Å². The Labute approximate surface area is 112 Å². The van der Waals surface area contributed by atoms with E-state index in [1.807, 2.05) is 6.92 Å². The van der Waals surface area contributed by atoms with E-state index in [1.54, 1.807) is 25.3 Å². The molecule has 1 atom stereocenters. The molecule has 0 aromatic heterocycles. The van der Waals surface area contributed by atoms with Gasteiger partial charge in [0, 0.05) is 11.6 Å². The molecular formula is C13H19ClN2O2. The van der Waals surface area contributed by atoms with E-state index in [0.29, 0.717) is 23.0 Å². The molecule has 0 spiro atoms. The molecule has 1 rings (SSSR count). The number of hydrogen-bond acceptors (Lipinski definition) is 3. The highest BCUT2D eigenvalue weighted by atomic mass is 35.5. The first kappa shape index (κ1) is 14.8. The molecule has 1 aromatic carbocycles. The van der Waals surface area contributed by atoms with Gasteiger partial charge in [-0.25, -0.2) is 0 Å². The van der Waals surface area contributed by atoms with E-state index < -0.39 is 0 Å². The van der Waals surface area contributed by atoms with Crippen molar-refractivity contribution in [1.29, 1.82) is 0 Å². The van der Waals surface area contributed by atoms with Crippen molar-refractivity contribution in [2.24, 2.45) is 11.7 Å². The summed E-state index contributed by atoms with van der Waals surface area (Å²) in [7, 11) is 1.55.